The first-order valence-corrected chi connectivity index (χ1v) is 8.87. The summed E-state index contributed by atoms with van der Waals surface area (Å²) in [4.78, 5) is 16.2. The molecule has 3 nitrogen and oxygen atoms in total. The second kappa shape index (κ2) is 5.33. The van der Waals surface area contributed by atoms with Crippen molar-refractivity contribution in [2.45, 2.75) is 41.9 Å². The Hall–Kier alpha value is -1.00. The lowest BCUT2D eigenvalue weighted by molar-refractivity contribution is -0.129. The topological polar surface area (TPSA) is 46.3 Å². The number of amides is 1. The molecule has 1 aliphatic carbocycles. The van der Waals surface area contributed by atoms with Crippen molar-refractivity contribution < 1.29 is 4.79 Å². The first-order chi connectivity index (χ1) is 10.2. The van der Waals surface area contributed by atoms with Crippen molar-refractivity contribution in [3.05, 3.63) is 29.8 Å². The molecule has 2 heterocycles. The summed E-state index contributed by atoms with van der Waals surface area (Å²) in [6.07, 6.45) is 4.33. The number of carbonyl (C=O) groups is 1. The highest BCUT2D eigenvalue weighted by molar-refractivity contribution is 8.01. The predicted octanol–water partition coefficient (Wildman–Crippen LogP) is 2.29. The van der Waals surface area contributed by atoms with Crippen LogP contribution in [0, 0.1) is 11.8 Å². The molecule has 112 valence electrons. The van der Waals surface area contributed by atoms with E-state index in [4.69, 9.17) is 5.73 Å². The van der Waals surface area contributed by atoms with Crippen LogP contribution in [0.2, 0.25) is 0 Å². The van der Waals surface area contributed by atoms with E-state index in [9.17, 15) is 4.79 Å². The Bertz CT molecular complexity index is 536. The lowest BCUT2D eigenvalue weighted by Crippen LogP contribution is -2.36. The van der Waals surface area contributed by atoms with Crippen LogP contribution in [0.1, 0.15) is 24.8 Å². The van der Waals surface area contributed by atoms with Gasteiger partial charge in [0, 0.05) is 24.0 Å². The molecule has 0 spiro atoms. The van der Waals surface area contributed by atoms with Gasteiger partial charge in [-0.05, 0) is 49.1 Å². The number of thioether (sulfide) groups is 1. The highest BCUT2D eigenvalue weighted by Crippen LogP contribution is 2.40. The van der Waals surface area contributed by atoms with Gasteiger partial charge in [-0.25, -0.2) is 0 Å². The third-order valence-corrected chi connectivity index (χ3v) is 6.63. The molecule has 2 N–H and O–H groups in total. The third kappa shape index (κ3) is 2.49. The van der Waals surface area contributed by atoms with Gasteiger partial charge in [0.15, 0.2) is 0 Å². The van der Waals surface area contributed by atoms with Crippen LogP contribution >= 0.6 is 11.8 Å². The van der Waals surface area contributed by atoms with Crippen molar-refractivity contribution in [2.24, 2.45) is 17.6 Å². The summed E-state index contributed by atoms with van der Waals surface area (Å²) < 4.78 is 0. The van der Waals surface area contributed by atoms with Crippen LogP contribution in [0.3, 0.4) is 0 Å². The summed E-state index contributed by atoms with van der Waals surface area (Å²) in [6, 6.07) is 8.77. The van der Waals surface area contributed by atoms with E-state index >= 15 is 0 Å². The average molecular weight is 302 g/mol. The average Bonchev–Trinajstić information content (AvgIpc) is 3.09. The molecular formula is C17H22N2OS. The smallest absolute Gasteiger partial charge is 0.236 e. The van der Waals surface area contributed by atoms with Gasteiger partial charge in [-0.3, -0.25) is 4.79 Å². The Morgan fingerprint density at radius 1 is 1.19 bits per heavy atom. The van der Waals surface area contributed by atoms with E-state index < -0.39 is 0 Å². The van der Waals surface area contributed by atoms with Crippen molar-refractivity contribution in [3.63, 3.8) is 0 Å². The highest BCUT2D eigenvalue weighted by atomic mass is 32.2. The van der Waals surface area contributed by atoms with Crippen LogP contribution in [-0.2, 0) is 11.2 Å². The largest absolute Gasteiger partial charge is 0.341 e. The molecule has 0 radical (unpaired) electrons. The van der Waals surface area contributed by atoms with Gasteiger partial charge in [0.25, 0.3) is 0 Å². The van der Waals surface area contributed by atoms with Gasteiger partial charge in [0.1, 0.15) is 0 Å². The molecule has 21 heavy (non-hydrogen) atoms. The summed E-state index contributed by atoms with van der Waals surface area (Å²) >= 11 is 1.75. The number of nitrogens with two attached hydrogens (primary N) is 1. The fraction of sp³-hybridized carbons (Fsp3) is 0.588. The van der Waals surface area contributed by atoms with Crippen LogP contribution in [-0.4, -0.2) is 35.2 Å². The normalized spacial score (nSPS) is 34.6. The number of nitrogens with zero attached hydrogens (tertiary/aromatic N) is 1. The van der Waals surface area contributed by atoms with Gasteiger partial charge in [0.05, 0.1) is 5.25 Å². The van der Waals surface area contributed by atoms with Gasteiger partial charge >= 0.3 is 0 Å². The molecule has 4 atom stereocenters. The number of benzene rings is 1. The lowest BCUT2D eigenvalue weighted by atomic mass is 9.79. The summed E-state index contributed by atoms with van der Waals surface area (Å²) in [6.45, 7) is 1.90. The third-order valence-electron chi connectivity index (χ3n) is 5.32. The van der Waals surface area contributed by atoms with Crippen LogP contribution in [0.25, 0.3) is 0 Å². The van der Waals surface area contributed by atoms with Crippen molar-refractivity contribution in [1.82, 2.24) is 4.90 Å². The fourth-order valence-corrected chi connectivity index (χ4v) is 5.45. The zero-order valence-electron chi connectivity index (χ0n) is 12.2. The Kier molecular flexibility index (Phi) is 3.46. The van der Waals surface area contributed by atoms with Crippen molar-refractivity contribution in [3.8, 4) is 0 Å². The predicted molar refractivity (Wildman–Crippen MR) is 85.2 cm³/mol. The molecule has 1 saturated carbocycles. The molecule has 1 amide bonds. The summed E-state index contributed by atoms with van der Waals surface area (Å²) in [7, 11) is 0. The Balaban J connectivity index is 1.43. The summed E-state index contributed by atoms with van der Waals surface area (Å²) in [5.74, 6) is 1.69. The maximum Gasteiger partial charge on any atom is 0.236 e. The molecule has 3 aliphatic rings. The molecular weight excluding hydrogens is 280 g/mol. The molecule has 0 bridgehead atoms. The van der Waals surface area contributed by atoms with E-state index in [-0.39, 0.29) is 5.25 Å². The quantitative estimate of drug-likeness (QED) is 0.866. The van der Waals surface area contributed by atoms with E-state index in [0.717, 1.165) is 32.4 Å². The highest BCUT2D eigenvalue weighted by Gasteiger charge is 2.41. The minimum Gasteiger partial charge on any atom is -0.341 e. The lowest BCUT2D eigenvalue weighted by Gasteiger charge is -2.27. The van der Waals surface area contributed by atoms with Crippen LogP contribution in [0.5, 0.6) is 0 Å². The van der Waals surface area contributed by atoms with Gasteiger partial charge in [-0.1, -0.05) is 18.2 Å². The second-order valence-corrected chi connectivity index (χ2v) is 8.00. The molecule has 0 aromatic heterocycles. The number of hydrogen-bond acceptors (Lipinski definition) is 3. The van der Waals surface area contributed by atoms with Crippen LogP contribution in [0.4, 0.5) is 0 Å². The molecule has 4 heteroatoms. The SMILES string of the molecule is NC1CC[C@@H]2CN(C(=O)C3Cc4ccccc4S3)C[C@@H]2C1. The van der Waals surface area contributed by atoms with Gasteiger partial charge < -0.3 is 10.6 Å². The molecule has 2 aliphatic heterocycles. The van der Waals surface area contributed by atoms with Crippen molar-refractivity contribution >= 4 is 17.7 Å². The van der Waals surface area contributed by atoms with E-state index in [1.54, 1.807) is 11.8 Å². The number of fused-ring (bicyclic) bond motifs is 2. The van der Waals surface area contributed by atoms with Crippen LogP contribution < -0.4 is 5.73 Å². The van der Waals surface area contributed by atoms with Gasteiger partial charge in [0.2, 0.25) is 5.91 Å². The van der Waals surface area contributed by atoms with E-state index in [2.05, 4.69) is 29.2 Å². The van der Waals surface area contributed by atoms with E-state index in [0.29, 0.717) is 23.8 Å². The summed E-state index contributed by atoms with van der Waals surface area (Å²) in [5.41, 5.74) is 7.42. The van der Waals surface area contributed by atoms with Crippen molar-refractivity contribution in [1.29, 1.82) is 0 Å². The number of rotatable bonds is 1. The second-order valence-electron chi connectivity index (χ2n) is 6.75. The zero-order valence-corrected chi connectivity index (χ0v) is 13.0. The maximum absolute atomic E-state index is 12.8. The Morgan fingerprint density at radius 2 is 2.00 bits per heavy atom. The van der Waals surface area contributed by atoms with Gasteiger partial charge in [-0.2, -0.15) is 0 Å². The monoisotopic (exact) mass is 302 g/mol. The Morgan fingerprint density at radius 3 is 2.86 bits per heavy atom. The summed E-state index contributed by atoms with van der Waals surface area (Å²) in [5, 5.41) is 0.0937. The first-order valence-electron chi connectivity index (χ1n) is 7.99. The van der Waals surface area contributed by atoms with E-state index in [1.807, 2.05) is 0 Å². The standard InChI is InChI=1S/C17H22N2OS/c18-14-6-5-12-9-19(10-13(12)7-14)17(20)16-8-11-3-1-2-4-15(11)21-16/h1-4,12-14,16H,5-10,18H2/t12-,13+,14?,16?/m1/s1. The number of hydrogen-bond donors (Lipinski definition) is 1. The number of likely N-dealkylation sites (tertiary alicyclic amines) is 1. The molecule has 1 aromatic rings. The van der Waals surface area contributed by atoms with Crippen LogP contribution in [0.15, 0.2) is 29.2 Å². The number of carbonyl (C=O) groups excluding carboxylic acids is 1. The first kappa shape index (κ1) is 13.6. The molecule has 2 fully saturated rings. The molecule has 4 rings (SSSR count). The Labute approximate surface area is 130 Å². The zero-order chi connectivity index (χ0) is 14.4. The van der Waals surface area contributed by atoms with E-state index in [1.165, 1.54) is 16.9 Å². The maximum atomic E-state index is 12.8. The minimum absolute atomic E-state index is 0.0937. The minimum atomic E-state index is 0.0937. The molecule has 2 unspecified atom stereocenters. The molecule has 1 saturated heterocycles. The van der Waals surface area contributed by atoms with Gasteiger partial charge in [-0.15, -0.1) is 11.8 Å². The fourth-order valence-electron chi connectivity index (χ4n) is 4.17. The molecule has 1 aromatic carbocycles. The van der Waals surface area contributed by atoms with Crippen molar-refractivity contribution in [2.75, 3.05) is 13.1 Å².